The van der Waals surface area contributed by atoms with Crippen molar-refractivity contribution in [3.8, 4) is 0 Å². The van der Waals surface area contributed by atoms with Crippen LogP contribution in [-0.2, 0) is 4.57 Å². The van der Waals surface area contributed by atoms with E-state index in [2.05, 4.69) is 21.0 Å². The van der Waals surface area contributed by atoms with Crippen LogP contribution in [-0.4, -0.2) is 88.1 Å². The van der Waals surface area contributed by atoms with E-state index in [4.69, 9.17) is 5.16 Å². The molecule has 0 aliphatic carbocycles. The van der Waals surface area contributed by atoms with E-state index in [0.717, 1.165) is 24.0 Å². The Hall–Kier alpha value is 0.220. The molecule has 0 aromatic carbocycles. The minimum Gasteiger partial charge on any atom is -0.340 e. The normalized spacial score (nSPS) is 13.1. The molecule has 0 aromatic rings. The number of nitrogens with zero attached hydrogens (tertiary/aromatic N) is 2. The second-order valence-electron chi connectivity index (χ2n) is 11.7. The molecule has 0 saturated carbocycles. The first-order valence-corrected chi connectivity index (χ1v) is 18.7. The summed E-state index contributed by atoms with van der Waals surface area (Å²) in [6, 6.07) is 0. The SMILES string of the molecule is CCCCCCCCCCCCCCCCCC[N+](C)(C)CCCN(CCP(=N)(O)O)CCP(=O)(O)O. The van der Waals surface area contributed by atoms with E-state index in [9.17, 15) is 24.1 Å². The molecule has 0 bridgehead atoms. The lowest BCUT2D eigenvalue weighted by Crippen LogP contribution is -2.43. The largest absolute Gasteiger partial charge is 0.340 e. The highest BCUT2D eigenvalue weighted by Gasteiger charge is 2.20. The van der Waals surface area contributed by atoms with Crippen LogP contribution in [0.2, 0.25) is 0 Å². The fraction of sp³-hybridized carbons (Fsp3) is 1.00. The van der Waals surface area contributed by atoms with E-state index < -0.39 is 15.1 Å². The summed E-state index contributed by atoms with van der Waals surface area (Å²) in [7, 11) is -3.27. The van der Waals surface area contributed by atoms with E-state index in [1.807, 2.05) is 4.90 Å². The van der Waals surface area contributed by atoms with Crippen LogP contribution in [0.1, 0.15) is 116 Å². The van der Waals surface area contributed by atoms with Gasteiger partial charge in [-0.05, 0) is 12.8 Å². The smallest absolute Gasteiger partial charge is 0.326 e. The van der Waals surface area contributed by atoms with Crippen LogP contribution in [0.3, 0.4) is 0 Å². The monoisotopic (exact) mass is 570 g/mol. The number of quaternary nitrogens is 1. The summed E-state index contributed by atoms with van der Waals surface area (Å²) in [5, 5.41) is 7.31. The molecule has 0 atom stereocenters. The Kier molecular flexibility index (Phi) is 22.1. The van der Waals surface area contributed by atoms with Gasteiger partial charge in [-0.25, -0.2) is 0 Å². The van der Waals surface area contributed by atoms with Crippen molar-refractivity contribution in [1.82, 2.24) is 4.90 Å². The van der Waals surface area contributed by atoms with Gasteiger partial charge < -0.3 is 29.0 Å². The van der Waals surface area contributed by atoms with Crippen molar-refractivity contribution in [1.29, 1.82) is 5.16 Å². The maximum atomic E-state index is 11.2. The molecule has 0 aliphatic rings. The van der Waals surface area contributed by atoms with Gasteiger partial charge >= 0.3 is 7.60 Å². The number of nitrogens with one attached hydrogen (secondary N) is 1. The topological polar surface area (TPSA) is 125 Å². The Balaban J connectivity index is 3.80. The molecule has 0 rings (SSSR count). The van der Waals surface area contributed by atoms with Crippen molar-refractivity contribution in [2.45, 2.75) is 116 Å². The third-order valence-electron chi connectivity index (χ3n) is 7.29. The molecule has 0 unspecified atom stereocenters. The van der Waals surface area contributed by atoms with Crippen molar-refractivity contribution in [3.63, 3.8) is 0 Å². The highest BCUT2D eigenvalue weighted by molar-refractivity contribution is 7.53. The summed E-state index contributed by atoms with van der Waals surface area (Å²) in [6.45, 7) is 5.48. The summed E-state index contributed by atoms with van der Waals surface area (Å²) in [6.07, 6.45) is 22.5. The Morgan fingerprint density at radius 1 is 0.595 bits per heavy atom. The second-order valence-corrected chi connectivity index (χ2v) is 15.4. The molecule has 37 heavy (non-hydrogen) atoms. The summed E-state index contributed by atoms with van der Waals surface area (Å²) in [5.74, 6) is 0. The van der Waals surface area contributed by atoms with Gasteiger partial charge in [-0.2, -0.15) is 0 Å². The van der Waals surface area contributed by atoms with E-state index in [1.54, 1.807) is 0 Å². The first-order chi connectivity index (χ1) is 17.3. The first-order valence-electron chi connectivity index (χ1n) is 15.0. The lowest BCUT2D eigenvalue weighted by atomic mass is 10.0. The Morgan fingerprint density at radius 3 is 1.38 bits per heavy atom. The number of unbranched alkanes of at least 4 members (excludes halogenated alkanes) is 15. The van der Waals surface area contributed by atoms with Crippen LogP contribution < -0.4 is 0 Å². The quantitative estimate of drug-likeness (QED) is 0.0421. The van der Waals surface area contributed by atoms with E-state index in [-0.39, 0.29) is 25.4 Å². The van der Waals surface area contributed by atoms with Gasteiger partial charge in [0.15, 0.2) is 0 Å². The molecule has 0 fully saturated rings. The Bertz CT molecular complexity index is 599. The fourth-order valence-corrected chi connectivity index (χ4v) is 5.92. The molecule has 0 saturated heterocycles. The van der Waals surface area contributed by atoms with Crippen LogP contribution in [0.5, 0.6) is 0 Å². The number of hydrogen-bond donors (Lipinski definition) is 5. The van der Waals surface area contributed by atoms with Gasteiger partial charge in [-0.3, -0.25) is 9.73 Å². The molecule has 0 heterocycles. The van der Waals surface area contributed by atoms with Crippen LogP contribution in [0.4, 0.5) is 0 Å². The molecule has 10 heteroatoms. The van der Waals surface area contributed by atoms with Crippen molar-refractivity contribution in [3.05, 3.63) is 0 Å². The van der Waals surface area contributed by atoms with E-state index in [1.165, 1.54) is 103 Å². The van der Waals surface area contributed by atoms with Crippen LogP contribution in [0.15, 0.2) is 0 Å². The Labute approximate surface area is 229 Å². The van der Waals surface area contributed by atoms with Crippen LogP contribution >= 0.6 is 15.1 Å². The van der Waals surface area contributed by atoms with Crippen molar-refractivity contribution < 1.29 is 28.6 Å². The summed E-state index contributed by atoms with van der Waals surface area (Å²) in [5.41, 5.74) is 0. The second kappa shape index (κ2) is 22.0. The van der Waals surface area contributed by atoms with E-state index in [0.29, 0.717) is 6.54 Å². The van der Waals surface area contributed by atoms with Gasteiger partial charge in [0.25, 0.3) is 0 Å². The molecule has 0 spiro atoms. The molecule has 0 radical (unpaired) electrons. The molecule has 0 aromatic heterocycles. The molecule has 5 N–H and O–H groups in total. The first kappa shape index (κ1) is 37.2. The third-order valence-corrected chi connectivity index (χ3v) is 8.90. The molecular formula is C27H62N3O5P2+. The van der Waals surface area contributed by atoms with Crippen LogP contribution in [0, 0.1) is 5.16 Å². The van der Waals surface area contributed by atoms with Crippen molar-refractivity contribution in [2.24, 2.45) is 0 Å². The average Bonchev–Trinajstić information content (AvgIpc) is 2.79. The number of hydrogen-bond acceptors (Lipinski definition) is 3. The predicted octanol–water partition coefficient (Wildman–Crippen LogP) is 6.79. The van der Waals surface area contributed by atoms with Gasteiger partial charge in [-0.15, -0.1) is 0 Å². The molecule has 224 valence electrons. The van der Waals surface area contributed by atoms with Gasteiger partial charge in [0, 0.05) is 32.2 Å². The summed E-state index contributed by atoms with van der Waals surface area (Å²) in [4.78, 5) is 38.9. The van der Waals surface area contributed by atoms with Crippen molar-refractivity contribution in [2.75, 3.05) is 59.1 Å². The zero-order chi connectivity index (χ0) is 28.0. The zero-order valence-corrected chi connectivity index (χ0v) is 26.2. The lowest BCUT2D eigenvalue weighted by molar-refractivity contribution is -0.890. The minimum atomic E-state index is -4.10. The maximum Gasteiger partial charge on any atom is 0.326 e. The Morgan fingerprint density at radius 2 is 0.973 bits per heavy atom. The van der Waals surface area contributed by atoms with E-state index >= 15 is 0 Å². The van der Waals surface area contributed by atoms with Gasteiger partial charge in [0.1, 0.15) is 0 Å². The van der Waals surface area contributed by atoms with Gasteiger partial charge in [0.05, 0.1) is 33.3 Å². The minimum absolute atomic E-state index is 0.0639. The van der Waals surface area contributed by atoms with Gasteiger partial charge in [0.2, 0.25) is 7.51 Å². The predicted molar refractivity (Wildman–Crippen MR) is 158 cm³/mol. The van der Waals surface area contributed by atoms with Crippen molar-refractivity contribution >= 4 is 15.1 Å². The highest BCUT2D eigenvalue weighted by Crippen LogP contribution is 2.36. The van der Waals surface area contributed by atoms with Crippen LogP contribution in [0.25, 0.3) is 0 Å². The number of rotatable bonds is 27. The lowest BCUT2D eigenvalue weighted by Gasteiger charge is -2.31. The summed E-state index contributed by atoms with van der Waals surface area (Å²) >= 11 is 0. The summed E-state index contributed by atoms with van der Waals surface area (Å²) < 4.78 is 12.2. The maximum absolute atomic E-state index is 11.2. The molecule has 0 amide bonds. The average molecular weight is 571 g/mol. The third kappa shape index (κ3) is 29.0. The standard InChI is InChI=1S/C27H61N3O5P2/c1-4-5-6-7-8-9-10-11-12-13-14-15-16-17-18-19-24-30(2,3)25-20-21-29(22-26-36(28,31)32)23-27-37(33,34)35/h4-27H2,1-3H3,(H4-,28,31,32,33,34,35)/p+1. The fourth-order valence-electron chi connectivity index (χ4n) is 4.81. The molecule has 8 nitrogen and oxygen atoms in total. The zero-order valence-electron chi connectivity index (χ0n) is 24.5. The molecule has 0 aliphatic heterocycles. The highest BCUT2D eigenvalue weighted by atomic mass is 31.2. The van der Waals surface area contributed by atoms with Gasteiger partial charge in [-0.1, -0.05) is 96.8 Å². The molecular weight excluding hydrogens is 508 g/mol.